The van der Waals surface area contributed by atoms with Gasteiger partial charge in [0.2, 0.25) is 0 Å². The van der Waals surface area contributed by atoms with Crippen molar-refractivity contribution < 1.29 is 28.7 Å². The maximum atomic E-state index is 11.4. The summed E-state index contributed by atoms with van der Waals surface area (Å²) < 4.78 is 11.6. The summed E-state index contributed by atoms with van der Waals surface area (Å²) in [5.74, 6) is 0. The molecule has 0 aliphatic rings. The summed E-state index contributed by atoms with van der Waals surface area (Å²) in [6.07, 6.45) is 0. The van der Waals surface area contributed by atoms with Crippen molar-refractivity contribution in [1.82, 2.24) is 0 Å². The highest BCUT2D eigenvalue weighted by Crippen LogP contribution is 2.41. The number of rotatable bonds is 4. The SMILES string of the molecule is O=[N+]([O-])c1c(Cl)cccc1-c1cccc2c1oc1ccccc12.O=[N+]([O-])c1c(Cl)cccc1Cl.OB(O)c1cccc2c1oc1ccccc12. The van der Waals surface area contributed by atoms with Crippen LogP contribution in [0.3, 0.4) is 0 Å². The van der Waals surface area contributed by atoms with Gasteiger partial charge in [0.1, 0.15) is 37.4 Å². The molecular weight excluding hydrogens is 706 g/mol. The Labute approximate surface area is 298 Å². The van der Waals surface area contributed by atoms with Crippen LogP contribution in [-0.4, -0.2) is 27.0 Å². The Morgan fingerprint density at radius 3 is 1.46 bits per heavy atom. The maximum Gasteiger partial charge on any atom is 0.492 e. The molecule has 0 aliphatic heterocycles. The van der Waals surface area contributed by atoms with Crippen LogP contribution in [-0.2, 0) is 0 Å². The second kappa shape index (κ2) is 14.6. The van der Waals surface area contributed by atoms with Crippen molar-refractivity contribution in [3.8, 4) is 11.1 Å². The zero-order valence-electron chi connectivity index (χ0n) is 25.5. The van der Waals surface area contributed by atoms with Crippen molar-refractivity contribution in [1.29, 1.82) is 0 Å². The highest BCUT2D eigenvalue weighted by atomic mass is 35.5. The first-order valence-electron chi connectivity index (χ1n) is 14.7. The average molecular weight is 728 g/mol. The number of nitro groups is 2. The van der Waals surface area contributed by atoms with Gasteiger partial charge in [0.15, 0.2) is 0 Å². The van der Waals surface area contributed by atoms with E-state index in [0.717, 1.165) is 32.7 Å². The minimum Gasteiger partial charge on any atom is -0.456 e. The first-order valence-corrected chi connectivity index (χ1v) is 15.9. The molecule has 0 bridgehead atoms. The third kappa shape index (κ3) is 6.73. The topological polar surface area (TPSA) is 153 Å². The number of benzene rings is 6. The summed E-state index contributed by atoms with van der Waals surface area (Å²) in [4.78, 5) is 20.6. The Morgan fingerprint density at radius 2 is 0.920 bits per heavy atom. The van der Waals surface area contributed by atoms with E-state index in [2.05, 4.69) is 0 Å². The largest absolute Gasteiger partial charge is 0.492 e. The molecule has 0 amide bonds. The van der Waals surface area contributed by atoms with Gasteiger partial charge >= 0.3 is 12.8 Å². The molecule has 0 fully saturated rings. The number of hydrogen-bond donors (Lipinski definition) is 2. The molecule has 2 aromatic heterocycles. The van der Waals surface area contributed by atoms with Gasteiger partial charge in [-0.2, -0.15) is 0 Å². The van der Waals surface area contributed by atoms with Crippen LogP contribution in [0.5, 0.6) is 0 Å². The number of nitro benzene ring substituents is 2. The van der Waals surface area contributed by atoms with Crippen LogP contribution < -0.4 is 5.46 Å². The lowest BCUT2D eigenvalue weighted by Gasteiger charge is -2.05. The highest BCUT2D eigenvalue weighted by molar-refractivity contribution is 6.61. The van der Waals surface area contributed by atoms with Crippen LogP contribution in [0, 0.1) is 20.2 Å². The Hall–Kier alpha value is -5.43. The molecule has 0 unspecified atom stereocenters. The van der Waals surface area contributed by atoms with Gasteiger partial charge in [-0.25, -0.2) is 0 Å². The fourth-order valence-corrected chi connectivity index (χ4v) is 6.29. The second-order valence-corrected chi connectivity index (χ2v) is 11.9. The third-order valence-corrected chi connectivity index (χ3v) is 8.61. The Kier molecular flexibility index (Phi) is 10.0. The smallest absolute Gasteiger partial charge is 0.456 e. The number of hydrogen-bond acceptors (Lipinski definition) is 8. The van der Waals surface area contributed by atoms with Crippen molar-refractivity contribution in [2.75, 3.05) is 0 Å². The molecule has 8 rings (SSSR count). The molecule has 2 N–H and O–H groups in total. The Balaban J connectivity index is 0.000000139. The van der Waals surface area contributed by atoms with E-state index in [-0.39, 0.29) is 26.4 Å². The number of furan rings is 2. The van der Waals surface area contributed by atoms with E-state index < -0.39 is 17.0 Å². The number of halogens is 3. The van der Waals surface area contributed by atoms with Crippen LogP contribution in [0.1, 0.15) is 0 Å². The molecule has 2 heterocycles. The first-order chi connectivity index (χ1) is 24.1. The van der Waals surface area contributed by atoms with Gasteiger partial charge in [0.05, 0.1) is 15.4 Å². The van der Waals surface area contributed by atoms with Crippen molar-refractivity contribution in [3.05, 3.63) is 157 Å². The van der Waals surface area contributed by atoms with Gasteiger partial charge in [-0.05, 0) is 36.4 Å². The lowest BCUT2D eigenvalue weighted by Crippen LogP contribution is -2.29. The standard InChI is InChI=1S/C18H10ClNO3.C12H9BO3.C6H3Cl2NO2/c19-15-9-4-6-12(17(15)20(21)22)14-8-3-7-13-11-5-1-2-10-16(11)23-18(13)14;14-13(15)10-6-3-5-9-8-4-1-2-7-11(8)16-12(9)10;7-4-2-1-3-5(8)6(4)9(10)11/h1-10H;1-7,14-15H;1-3H. The molecule has 0 aliphatic carbocycles. The molecule has 0 saturated heterocycles. The van der Waals surface area contributed by atoms with E-state index in [1.807, 2.05) is 72.8 Å². The monoisotopic (exact) mass is 726 g/mol. The fourth-order valence-electron chi connectivity index (χ4n) is 5.51. The second-order valence-electron chi connectivity index (χ2n) is 10.7. The van der Waals surface area contributed by atoms with E-state index in [1.165, 1.54) is 18.2 Å². The molecule has 0 spiro atoms. The average Bonchev–Trinajstić information content (AvgIpc) is 3.67. The van der Waals surface area contributed by atoms with Crippen molar-refractivity contribution in [2.24, 2.45) is 0 Å². The van der Waals surface area contributed by atoms with Crippen LogP contribution >= 0.6 is 34.8 Å². The van der Waals surface area contributed by atoms with Crippen molar-refractivity contribution in [3.63, 3.8) is 0 Å². The molecular formula is C36H22BCl3N2O8. The van der Waals surface area contributed by atoms with Crippen LogP contribution in [0.15, 0.2) is 130 Å². The number of fused-ring (bicyclic) bond motifs is 6. The molecule has 50 heavy (non-hydrogen) atoms. The lowest BCUT2D eigenvalue weighted by molar-refractivity contribution is -0.384. The molecule has 0 saturated carbocycles. The molecule has 8 aromatic rings. The van der Waals surface area contributed by atoms with E-state index in [9.17, 15) is 30.3 Å². The Bertz CT molecular complexity index is 2530. The fraction of sp³-hybridized carbons (Fsp3) is 0. The van der Waals surface area contributed by atoms with Gasteiger partial charge < -0.3 is 18.9 Å². The lowest BCUT2D eigenvalue weighted by atomic mass is 9.79. The summed E-state index contributed by atoms with van der Waals surface area (Å²) in [6.45, 7) is 0. The van der Waals surface area contributed by atoms with E-state index in [4.69, 9.17) is 43.6 Å². The Morgan fingerprint density at radius 1 is 0.500 bits per heavy atom. The molecule has 6 aromatic carbocycles. The number of para-hydroxylation sites is 6. The van der Waals surface area contributed by atoms with Gasteiger partial charge in [-0.15, -0.1) is 0 Å². The van der Waals surface area contributed by atoms with Gasteiger partial charge in [0, 0.05) is 32.6 Å². The van der Waals surface area contributed by atoms with Gasteiger partial charge in [-0.3, -0.25) is 20.2 Å². The predicted octanol–water partition coefficient (Wildman–Crippen LogP) is 9.98. The minimum absolute atomic E-state index is 0.0579. The third-order valence-electron chi connectivity index (χ3n) is 7.70. The van der Waals surface area contributed by atoms with E-state index in [1.54, 1.807) is 30.3 Å². The summed E-state index contributed by atoms with van der Waals surface area (Å²) in [7, 11) is -1.51. The van der Waals surface area contributed by atoms with Crippen LogP contribution in [0.2, 0.25) is 15.1 Å². The van der Waals surface area contributed by atoms with Crippen LogP contribution in [0.25, 0.3) is 55.0 Å². The van der Waals surface area contributed by atoms with Gasteiger partial charge in [0.25, 0.3) is 5.69 Å². The zero-order valence-corrected chi connectivity index (χ0v) is 27.8. The molecule has 0 atom stereocenters. The van der Waals surface area contributed by atoms with E-state index in [0.29, 0.717) is 27.8 Å². The predicted molar refractivity (Wildman–Crippen MR) is 197 cm³/mol. The summed E-state index contributed by atoms with van der Waals surface area (Å²) in [5.41, 5.74) is 3.83. The molecule has 14 heteroatoms. The molecule has 0 radical (unpaired) electrons. The maximum absolute atomic E-state index is 11.4. The quantitative estimate of drug-likeness (QED) is 0.103. The van der Waals surface area contributed by atoms with Crippen LogP contribution in [0.4, 0.5) is 11.4 Å². The van der Waals surface area contributed by atoms with Crippen molar-refractivity contribution >= 4 is 103 Å². The van der Waals surface area contributed by atoms with Gasteiger partial charge in [-0.1, -0.05) is 120 Å². The summed E-state index contributed by atoms with van der Waals surface area (Å²) >= 11 is 17.0. The minimum atomic E-state index is -1.51. The van der Waals surface area contributed by atoms with Crippen molar-refractivity contribution in [2.45, 2.75) is 0 Å². The first kappa shape index (κ1) is 34.4. The summed E-state index contributed by atoms with van der Waals surface area (Å²) in [6, 6.07) is 35.6. The zero-order chi connectivity index (χ0) is 35.5. The highest BCUT2D eigenvalue weighted by Gasteiger charge is 2.23. The number of nitrogens with zero attached hydrogens (tertiary/aromatic N) is 2. The summed E-state index contributed by atoms with van der Waals surface area (Å²) in [5, 5.41) is 44.2. The molecule has 10 nitrogen and oxygen atoms in total. The normalized spacial score (nSPS) is 10.8. The molecule has 248 valence electrons. The van der Waals surface area contributed by atoms with E-state index >= 15 is 0 Å².